The number of fused-ring (bicyclic) bond motifs is 1. The lowest BCUT2D eigenvalue weighted by Gasteiger charge is -2.17. The Morgan fingerprint density at radius 3 is 3.12 bits per heavy atom. The average Bonchev–Trinajstić information content (AvgIpc) is 2.72. The Kier molecular flexibility index (Phi) is 2.82. The van der Waals surface area contributed by atoms with Crippen molar-refractivity contribution in [1.29, 1.82) is 0 Å². The first-order chi connectivity index (χ1) is 7.74. The third kappa shape index (κ3) is 1.74. The zero-order valence-electron chi connectivity index (χ0n) is 9.14. The second-order valence-corrected chi connectivity index (χ2v) is 3.80. The van der Waals surface area contributed by atoms with Crippen LogP contribution in [0, 0.1) is 12.3 Å². The summed E-state index contributed by atoms with van der Waals surface area (Å²) in [5.41, 5.74) is 0.955. The predicted octanol–water partition coefficient (Wildman–Crippen LogP) is 1.25. The van der Waals surface area contributed by atoms with Crippen LogP contribution in [0.4, 0.5) is 0 Å². The number of likely N-dealkylation sites (N-methyl/N-ethyl adjacent to an activating group) is 1. The van der Waals surface area contributed by atoms with E-state index in [9.17, 15) is 4.79 Å². The van der Waals surface area contributed by atoms with Crippen molar-refractivity contribution in [3.63, 3.8) is 0 Å². The lowest BCUT2D eigenvalue weighted by atomic mass is 10.00. The van der Waals surface area contributed by atoms with Crippen molar-refractivity contribution < 1.29 is 9.53 Å². The number of rotatable bonds is 2. The van der Waals surface area contributed by atoms with Crippen molar-refractivity contribution >= 4 is 5.91 Å². The van der Waals surface area contributed by atoms with Gasteiger partial charge < -0.3 is 9.64 Å². The van der Waals surface area contributed by atoms with Gasteiger partial charge in [0.05, 0.1) is 6.54 Å². The van der Waals surface area contributed by atoms with E-state index >= 15 is 0 Å². The van der Waals surface area contributed by atoms with E-state index in [4.69, 9.17) is 11.2 Å². The van der Waals surface area contributed by atoms with Gasteiger partial charge in [0.15, 0.2) is 0 Å². The smallest absolute Gasteiger partial charge is 0.234 e. The lowest BCUT2D eigenvalue weighted by Crippen LogP contribution is -2.32. The average molecular weight is 215 g/mol. The molecule has 1 aliphatic heterocycles. The van der Waals surface area contributed by atoms with Crippen LogP contribution in [0.25, 0.3) is 0 Å². The molecule has 1 amide bonds. The minimum Gasteiger partial charge on any atom is -0.492 e. The van der Waals surface area contributed by atoms with E-state index in [-0.39, 0.29) is 11.8 Å². The molecule has 3 nitrogen and oxygen atoms in total. The molecule has 0 saturated heterocycles. The van der Waals surface area contributed by atoms with Gasteiger partial charge in [0.25, 0.3) is 0 Å². The van der Waals surface area contributed by atoms with Crippen molar-refractivity contribution in [2.75, 3.05) is 20.2 Å². The molecule has 0 saturated carbocycles. The van der Waals surface area contributed by atoms with Crippen LogP contribution in [0.3, 0.4) is 0 Å². The first-order valence-electron chi connectivity index (χ1n) is 5.14. The zero-order chi connectivity index (χ0) is 11.5. The van der Waals surface area contributed by atoms with E-state index in [1.165, 1.54) is 0 Å². The van der Waals surface area contributed by atoms with Crippen LogP contribution in [0.2, 0.25) is 0 Å². The predicted molar refractivity (Wildman–Crippen MR) is 61.1 cm³/mol. The molecule has 0 fully saturated rings. The molecule has 3 heteroatoms. The maximum atomic E-state index is 12.0. The molecule has 0 spiro atoms. The summed E-state index contributed by atoms with van der Waals surface area (Å²) in [6.07, 6.45) is 5.19. The van der Waals surface area contributed by atoms with Crippen molar-refractivity contribution in [2.24, 2.45) is 0 Å². The normalized spacial score (nSPS) is 17.1. The van der Waals surface area contributed by atoms with Crippen molar-refractivity contribution in [1.82, 2.24) is 4.90 Å². The maximum absolute atomic E-state index is 12.0. The van der Waals surface area contributed by atoms with Crippen LogP contribution in [-0.2, 0) is 4.79 Å². The number of carbonyl (C=O) groups is 1. The van der Waals surface area contributed by atoms with Gasteiger partial charge in [0.1, 0.15) is 18.3 Å². The second kappa shape index (κ2) is 4.28. The van der Waals surface area contributed by atoms with Gasteiger partial charge in [-0.1, -0.05) is 24.1 Å². The molecule has 0 N–H and O–H groups in total. The van der Waals surface area contributed by atoms with Crippen LogP contribution in [0.5, 0.6) is 5.75 Å². The van der Waals surface area contributed by atoms with Gasteiger partial charge in [-0.25, -0.2) is 0 Å². The van der Waals surface area contributed by atoms with Crippen LogP contribution >= 0.6 is 0 Å². The van der Waals surface area contributed by atoms with Crippen molar-refractivity contribution in [2.45, 2.75) is 5.92 Å². The Hall–Kier alpha value is -1.95. The van der Waals surface area contributed by atoms with Gasteiger partial charge in [-0.15, -0.1) is 6.42 Å². The minimum absolute atomic E-state index is 0.0166. The number of amides is 1. The van der Waals surface area contributed by atoms with Crippen LogP contribution in [0.1, 0.15) is 11.5 Å². The van der Waals surface area contributed by atoms with Gasteiger partial charge in [-0.2, -0.15) is 0 Å². The highest BCUT2D eigenvalue weighted by atomic mass is 16.5. The number of hydrogen-bond acceptors (Lipinski definition) is 2. The Labute approximate surface area is 95.0 Å². The second-order valence-electron chi connectivity index (χ2n) is 3.80. The third-order valence-corrected chi connectivity index (χ3v) is 2.70. The van der Waals surface area contributed by atoms with Gasteiger partial charge in [0, 0.05) is 12.6 Å². The Morgan fingerprint density at radius 1 is 1.62 bits per heavy atom. The SMILES string of the molecule is C#CCN(C)C(=O)C1COc2ccccc21. The summed E-state index contributed by atoms with van der Waals surface area (Å²) in [4.78, 5) is 13.6. The molecular formula is C13H13NO2. The van der Waals surface area contributed by atoms with E-state index in [0.29, 0.717) is 13.2 Å². The fourth-order valence-electron chi connectivity index (χ4n) is 1.85. The van der Waals surface area contributed by atoms with Crippen molar-refractivity contribution in [3.8, 4) is 18.1 Å². The summed E-state index contributed by atoms with van der Waals surface area (Å²) in [5, 5.41) is 0. The number of hydrogen-bond donors (Lipinski definition) is 0. The molecule has 0 bridgehead atoms. The number of terminal acetylenes is 1. The van der Waals surface area contributed by atoms with Crippen LogP contribution < -0.4 is 4.74 Å². The third-order valence-electron chi connectivity index (χ3n) is 2.70. The molecule has 1 atom stereocenters. The van der Waals surface area contributed by atoms with Gasteiger partial charge in [0.2, 0.25) is 5.91 Å². The number of benzene rings is 1. The van der Waals surface area contributed by atoms with Gasteiger partial charge in [-0.05, 0) is 6.07 Å². The topological polar surface area (TPSA) is 29.5 Å². The van der Waals surface area contributed by atoms with E-state index < -0.39 is 0 Å². The lowest BCUT2D eigenvalue weighted by molar-refractivity contribution is -0.131. The summed E-state index contributed by atoms with van der Waals surface area (Å²) >= 11 is 0. The molecule has 1 unspecified atom stereocenters. The van der Waals surface area contributed by atoms with E-state index in [2.05, 4.69) is 5.92 Å². The van der Waals surface area contributed by atoms with Gasteiger partial charge >= 0.3 is 0 Å². The van der Waals surface area contributed by atoms with Crippen LogP contribution in [-0.4, -0.2) is 31.0 Å². The molecule has 16 heavy (non-hydrogen) atoms. The number of carbonyl (C=O) groups excluding carboxylic acids is 1. The highest BCUT2D eigenvalue weighted by molar-refractivity contribution is 5.85. The maximum Gasteiger partial charge on any atom is 0.234 e. The van der Waals surface area contributed by atoms with E-state index in [0.717, 1.165) is 11.3 Å². The molecule has 0 aromatic heterocycles. The standard InChI is InChI=1S/C13H13NO2/c1-3-8-14(2)13(15)11-9-16-12-7-5-4-6-10(11)12/h1,4-7,11H,8-9H2,2H3. The molecule has 1 aromatic rings. The largest absolute Gasteiger partial charge is 0.492 e. The Bertz CT molecular complexity index is 447. The summed E-state index contributed by atoms with van der Waals surface area (Å²) in [7, 11) is 1.71. The van der Waals surface area contributed by atoms with Gasteiger partial charge in [-0.3, -0.25) is 4.79 Å². The summed E-state index contributed by atoms with van der Waals surface area (Å²) in [5.74, 6) is 3.06. The minimum atomic E-state index is -0.213. The Morgan fingerprint density at radius 2 is 2.38 bits per heavy atom. The monoisotopic (exact) mass is 215 g/mol. The van der Waals surface area contributed by atoms with Crippen LogP contribution in [0.15, 0.2) is 24.3 Å². The highest BCUT2D eigenvalue weighted by Crippen LogP contribution is 2.34. The summed E-state index contributed by atoms with van der Waals surface area (Å²) < 4.78 is 5.46. The summed E-state index contributed by atoms with van der Waals surface area (Å²) in [6.45, 7) is 0.741. The fourth-order valence-corrected chi connectivity index (χ4v) is 1.85. The first-order valence-corrected chi connectivity index (χ1v) is 5.14. The first kappa shape index (κ1) is 10.6. The van der Waals surface area contributed by atoms with E-state index in [1.54, 1.807) is 11.9 Å². The molecule has 0 aliphatic carbocycles. The molecule has 0 radical (unpaired) electrons. The quantitative estimate of drug-likeness (QED) is 0.695. The molecule has 1 aromatic carbocycles. The molecule has 1 heterocycles. The number of para-hydroxylation sites is 1. The number of ether oxygens (including phenoxy) is 1. The van der Waals surface area contributed by atoms with E-state index in [1.807, 2.05) is 24.3 Å². The molecule has 1 aliphatic rings. The molecular weight excluding hydrogens is 202 g/mol. The zero-order valence-corrected chi connectivity index (χ0v) is 9.14. The fraction of sp³-hybridized carbons (Fsp3) is 0.308. The summed E-state index contributed by atoms with van der Waals surface area (Å²) in [6, 6.07) is 7.62. The number of nitrogens with zero attached hydrogens (tertiary/aromatic N) is 1. The molecule has 2 rings (SSSR count). The highest BCUT2D eigenvalue weighted by Gasteiger charge is 2.31. The molecule has 82 valence electrons. The Balaban J connectivity index is 2.20. The van der Waals surface area contributed by atoms with Crippen molar-refractivity contribution in [3.05, 3.63) is 29.8 Å².